The van der Waals surface area contributed by atoms with Gasteiger partial charge in [-0.1, -0.05) is 97.0 Å². The largest absolute Gasteiger partial charge is 0.308 e. The van der Waals surface area contributed by atoms with Gasteiger partial charge in [-0.2, -0.15) is 0 Å². The van der Waals surface area contributed by atoms with Crippen LogP contribution in [0.15, 0.2) is 84.4 Å². The van der Waals surface area contributed by atoms with E-state index in [4.69, 9.17) is 0 Å². The molecule has 2 heteroatoms. The summed E-state index contributed by atoms with van der Waals surface area (Å²) in [6.07, 6.45) is 4.54. The number of nitrogens with zero attached hydrogens (tertiary/aromatic N) is 1. The highest BCUT2D eigenvalue weighted by atomic mass is 16.2. The second-order valence-electron chi connectivity index (χ2n) is 9.38. The van der Waals surface area contributed by atoms with E-state index in [1.54, 1.807) is 0 Å². The molecule has 0 aliphatic carbocycles. The topological polar surface area (TPSA) is 20.3 Å². The molecule has 35 heavy (non-hydrogen) atoms. The van der Waals surface area contributed by atoms with Crippen molar-refractivity contribution in [3.8, 4) is 11.8 Å². The Hall–Kier alpha value is -3.57. The average Bonchev–Trinajstić information content (AvgIpc) is 2.84. The third-order valence-corrected chi connectivity index (χ3v) is 6.17. The maximum absolute atomic E-state index is 13.6. The molecule has 0 saturated heterocycles. The third kappa shape index (κ3) is 7.46. The lowest BCUT2D eigenvalue weighted by molar-refractivity contribution is -0.114. The van der Waals surface area contributed by atoms with E-state index in [1.807, 2.05) is 66.4 Å². The van der Waals surface area contributed by atoms with E-state index < -0.39 is 0 Å². The number of allylic oxidation sites excluding steroid dienone is 1. The lowest BCUT2D eigenvalue weighted by Gasteiger charge is -2.26. The number of anilines is 1. The quantitative estimate of drug-likeness (QED) is 0.245. The minimum absolute atomic E-state index is 0.0207. The van der Waals surface area contributed by atoms with Gasteiger partial charge in [0.15, 0.2) is 0 Å². The summed E-state index contributed by atoms with van der Waals surface area (Å²) in [7, 11) is 0. The molecule has 180 valence electrons. The van der Waals surface area contributed by atoms with Crippen LogP contribution < -0.4 is 4.90 Å². The maximum atomic E-state index is 13.6. The third-order valence-electron chi connectivity index (χ3n) is 6.17. The van der Waals surface area contributed by atoms with Gasteiger partial charge in [-0.15, -0.1) is 0 Å². The van der Waals surface area contributed by atoms with Gasteiger partial charge in [0.2, 0.25) is 0 Å². The number of unbranched alkanes of at least 4 members (excludes halogenated alkanes) is 1. The van der Waals surface area contributed by atoms with Crippen molar-refractivity contribution in [2.75, 3.05) is 11.4 Å². The van der Waals surface area contributed by atoms with Crippen LogP contribution in [0, 0.1) is 32.6 Å². The van der Waals surface area contributed by atoms with Crippen LogP contribution in [0.5, 0.6) is 0 Å². The van der Waals surface area contributed by atoms with E-state index in [1.165, 1.54) is 11.1 Å². The maximum Gasteiger partial charge on any atom is 0.250 e. The molecule has 0 radical (unpaired) electrons. The smallest absolute Gasteiger partial charge is 0.250 e. The normalized spacial score (nSPS) is 12.0. The summed E-state index contributed by atoms with van der Waals surface area (Å²) in [5.41, 5.74) is 7.77. The minimum atomic E-state index is 0.0207. The van der Waals surface area contributed by atoms with Crippen molar-refractivity contribution in [1.82, 2.24) is 0 Å². The van der Waals surface area contributed by atoms with Gasteiger partial charge >= 0.3 is 0 Å². The Morgan fingerprint density at radius 2 is 1.54 bits per heavy atom. The van der Waals surface area contributed by atoms with Crippen LogP contribution in [0.3, 0.4) is 0 Å². The molecule has 3 rings (SSSR count). The molecule has 1 atom stereocenters. The summed E-state index contributed by atoms with van der Waals surface area (Å²) in [4.78, 5) is 15.5. The van der Waals surface area contributed by atoms with E-state index in [0.29, 0.717) is 6.42 Å². The molecule has 3 aromatic carbocycles. The monoisotopic (exact) mass is 463 g/mol. The summed E-state index contributed by atoms with van der Waals surface area (Å²) in [5, 5.41) is 0. The standard InChI is InChI=1S/C33H37NO/c1-6-7-20-34(33-27(4)21-25(2)22-28(33)5)32(35)24-26(3)23-31(30-16-12-9-13-17-30)19-18-29-14-10-8-11-15-29/h8-17,21-22,24,31H,6-7,20,23H2,1-5H3/b26-24+. The Morgan fingerprint density at radius 1 is 0.943 bits per heavy atom. The molecule has 0 bridgehead atoms. The number of rotatable bonds is 8. The van der Waals surface area contributed by atoms with E-state index in [-0.39, 0.29) is 11.8 Å². The predicted molar refractivity (Wildman–Crippen MR) is 149 cm³/mol. The highest BCUT2D eigenvalue weighted by Gasteiger charge is 2.19. The molecule has 3 aromatic rings. The molecule has 0 aromatic heterocycles. The Balaban J connectivity index is 1.89. The van der Waals surface area contributed by atoms with Gasteiger partial charge in [0.1, 0.15) is 0 Å². The number of carbonyl (C=O) groups excluding carboxylic acids is 1. The lowest BCUT2D eigenvalue weighted by atomic mass is 9.92. The van der Waals surface area contributed by atoms with Gasteiger partial charge in [-0.3, -0.25) is 4.79 Å². The van der Waals surface area contributed by atoms with Crippen LogP contribution in [0.1, 0.15) is 66.8 Å². The van der Waals surface area contributed by atoms with Crippen molar-refractivity contribution >= 4 is 11.6 Å². The Bertz CT molecular complexity index is 1190. The Labute approximate surface area is 211 Å². The second-order valence-corrected chi connectivity index (χ2v) is 9.38. The fourth-order valence-corrected chi connectivity index (χ4v) is 4.55. The molecule has 0 fully saturated rings. The predicted octanol–water partition coefficient (Wildman–Crippen LogP) is 7.92. The first-order chi connectivity index (χ1) is 16.9. The molecular formula is C33H37NO. The highest BCUT2D eigenvalue weighted by Crippen LogP contribution is 2.28. The van der Waals surface area contributed by atoms with Crippen molar-refractivity contribution in [3.05, 3.63) is 112 Å². The zero-order valence-electron chi connectivity index (χ0n) is 21.8. The molecule has 0 saturated carbocycles. The highest BCUT2D eigenvalue weighted by molar-refractivity contribution is 6.02. The molecule has 2 nitrogen and oxygen atoms in total. The summed E-state index contributed by atoms with van der Waals surface area (Å²) < 4.78 is 0. The van der Waals surface area contributed by atoms with E-state index in [2.05, 4.69) is 63.8 Å². The molecule has 0 aliphatic heterocycles. The molecule has 0 spiro atoms. The molecular weight excluding hydrogens is 426 g/mol. The molecule has 0 heterocycles. The van der Waals surface area contributed by atoms with Gasteiger partial charge in [0, 0.05) is 29.8 Å². The van der Waals surface area contributed by atoms with E-state index >= 15 is 0 Å². The first-order valence-electron chi connectivity index (χ1n) is 12.6. The SMILES string of the molecule is CCCCN(C(=O)/C=C(\C)CC(C#Cc1ccccc1)c1ccccc1)c1c(C)cc(C)cc1C. The van der Waals surface area contributed by atoms with Crippen molar-refractivity contribution in [3.63, 3.8) is 0 Å². The second kappa shape index (κ2) is 12.8. The first-order valence-corrected chi connectivity index (χ1v) is 12.6. The fourth-order valence-electron chi connectivity index (χ4n) is 4.55. The summed E-state index contributed by atoms with van der Waals surface area (Å²) >= 11 is 0. The summed E-state index contributed by atoms with van der Waals surface area (Å²) in [6.45, 7) is 11.2. The Morgan fingerprint density at radius 3 is 2.14 bits per heavy atom. The minimum Gasteiger partial charge on any atom is -0.308 e. The molecule has 0 N–H and O–H groups in total. The summed E-state index contributed by atoms with van der Waals surface area (Å²) in [5.74, 6) is 6.86. The number of hydrogen-bond acceptors (Lipinski definition) is 1. The van der Waals surface area contributed by atoms with E-state index in [9.17, 15) is 4.79 Å². The van der Waals surface area contributed by atoms with Crippen molar-refractivity contribution in [2.24, 2.45) is 0 Å². The van der Waals surface area contributed by atoms with Crippen LogP contribution in [0.2, 0.25) is 0 Å². The number of aryl methyl sites for hydroxylation is 3. The van der Waals surface area contributed by atoms with Gasteiger partial charge in [-0.05, 0) is 69.4 Å². The van der Waals surface area contributed by atoms with Crippen molar-refractivity contribution in [1.29, 1.82) is 0 Å². The van der Waals surface area contributed by atoms with E-state index in [0.717, 1.165) is 47.3 Å². The lowest BCUT2D eigenvalue weighted by Crippen LogP contribution is -2.32. The first kappa shape index (κ1) is 26.0. The average molecular weight is 464 g/mol. The van der Waals surface area contributed by atoms with Gasteiger partial charge in [-0.25, -0.2) is 0 Å². The van der Waals surface area contributed by atoms with Crippen LogP contribution in [-0.4, -0.2) is 12.5 Å². The number of carbonyl (C=O) groups is 1. The van der Waals surface area contributed by atoms with Crippen LogP contribution >= 0.6 is 0 Å². The molecule has 1 amide bonds. The number of hydrogen-bond donors (Lipinski definition) is 0. The fraction of sp³-hybridized carbons (Fsp3) is 0.303. The molecule has 0 aliphatic rings. The summed E-state index contributed by atoms with van der Waals surface area (Å²) in [6, 6.07) is 24.7. The van der Waals surface area contributed by atoms with Crippen molar-refractivity contribution in [2.45, 2.75) is 59.8 Å². The number of amides is 1. The van der Waals surface area contributed by atoms with Gasteiger partial charge in [0.25, 0.3) is 5.91 Å². The van der Waals surface area contributed by atoms with Gasteiger partial charge in [0.05, 0.1) is 0 Å². The van der Waals surface area contributed by atoms with Crippen LogP contribution in [0.4, 0.5) is 5.69 Å². The number of benzene rings is 3. The Kier molecular flexibility index (Phi) is 9.50. The van der Waals surface area contributed by atoms with Crippen LogP contribution in [0.25, 0.3) is 0 Å². The molecule has 1 unspecified atom stereocenters. The zero-order chi connectivity index (χ0) is 25.2. The zero-order valence-corrected chi connectivity index (χ0v) is 21.8. The van der Waals surface area contributed by atoms with Gasteiger partial charge < -0.3 is 4.90 Å². The van der Waals surface area contributed by atoms with Crippen LogP contribution in [-0.2, 0) is 4.79 Å². The van der Waals surface area contributed by atoms with Crippen molar-refractivity contribution < 1.29 is 4.79 Å².